The Kier molecular flexibility index (Phi) is 3.85. The standard InChI is InChI=1S/C14H17NO4/c1-14(6-3-7-19-14)13(18)15-9-10-4-2-5-11(8-10)12(16)17/h2,4-5,8H,3,6-7,9H2,1H3,(H,15,18)(H,16,17). The third-order valence-corrected chi connectivity index (χ3v) is 3.33. The van der Waals surface area contributed by atoms with Gasteiger partial charge in [0.25, 0.3) is 5.91 Å². The van der Waals surface area contributed by atoms with Gasteiger partial charge in [0.05, 0.1) is 5.56 Å². The summed E-state index contributed by atoms with van der Waals surface area (Å²) in [4.78, 5) is 22.9. The summed E-state index contributed by atoms with van der Waals surface area (Å²) in [6.45, 7) is 2.69. The van der Waals surface area contributed by atoms with Crippen molar-refractivity contribution < 1.29 is 19.4 Å². The molecule has 0 spiro atoms. The number of hydrogen-bond donors (Lipinski definition) is 2. The summed E-state index contributed by atoms with van der Waals surface area (Å²) in [5.74, 6) is -1.12. The lowest BCUT2D eigenvalue weighted by Gasteiger charge is -2.21. The second-order valence-electron chi connectivity index (χ2n) is 4.87. The first kappa shape index (κ1) is 13.5. The van der Waals surface area contributed by atoms with E-state index in [2.05, 4.69) is 5.32 Å². The van der Waals surface area contributed by atoms with E-state index in [4.69, 9.17) is 9.84 Å². The average molecular weight is 263 g/mol. The second kappa shape index (κ2) is 5.40. The third kappa shape index (κ3) is 3.12. The highest BCUT2D eigenvalue weighted by atomic mass is 16.5. The van der Waals surface area contributed by atoms with Gasteiger partial charge in [-0.15, -0.1) is 0 Å². The molecule has 102 valence electrons. The van der Waals surface area contributed by atoms with Gasteiger partial charge in [-0.05, 0) is 37.5 Å². The maximum absolute atomic E-state index is 12.0. The lowest BCUT2D eigenvalue weighted by atomic mass is 10.0. The van der Waals surface area contributed by atoms with Gasteiger partial charge in [-0.25, -0.2) is 4.79 Å². The molecule has 1 aromatic rings. The third-order valence-electron chi connectivity index (χ3n) is 3.33. The zero-order valence-electron chi connectivity index (χ0n) is 10.8. The molecular weight excluding hydrogens is 246 g/mol. The molecule has 1 aromatic carbocycles. The highest BCUT2D eigenvalue weighted by Crippen LogP contribution is 2.25. The fourth-order valence-electron chi connectivity index (χ4n) is 2.14. The highest BCUT2D eigenvalue weighted by Gasteiger charge is 2.37. The zero-order chi connectivity index (χ0) is 13.9. The number of amides is 1. The summed E-state index contributed by atoms with van der Waals surface area (Å²) in [7, 11) is 0. The number of nitrogens with one attached hydrogen (secondary N) is 1. The Bertz CT molecular complexity index is 492. The molecule has 0 radical (unpaired) electrons. The van der Waals surface area contributed by atoms with E-state index in [1.54, 1.807) is 25.1 Å². The van der Waals surface area contributed by atoms with Crippen molar-refractivity contribution in [3.8, 4) is 0 Å². The maximum atomic E-state index is 12.0. The topological polar surface area (TPSA) is 75.6 Å². The van der Waals surface area contributed by atoms with E-state index in [1.807, 2.05) is 0 Å². The van der Waals surface area contributed by atoms with Gasteiger partial charge in [0.2, 0.25) is 0 Å². The fourth-order valence-corrected chi connectivity index (χ4v) is 2.14. The van der Waals surface area contributed by atoms with Crippen LogP contribution < -0.4 is 5.32 Å². The van der Waals surface area contributed by atoms with E-state index in [0.717, 1.165) is 12.0 Å². The van der Waals surface area contributed by atoms with E-state index in [9.17, 15) is 9.59 Å². The number of carboxylic acid groups (broad SMARTS) is 1. The van der Waals surface area contributed by atoms with Crippen LogP contribution in [0, 0.1) is 0 Å². The minimum Gasteiger partial charge on any atom is -0.478 e. The van der Waals surface area contributed by atoms with E-state index in [0.29, 0.717) is 19.6 Å². The van der Waals surface area contributed by atoms with Crippen molar-refractivity contribution in [2.24, 2.45) is 0 Å². The van der Waals surface area contributed by atoms with Gasteiger partial charge in [0.1, 0.15) is 5.60 Å². The van der Waals surface area contributed by atoms with Crippen LogP contribution in [0.4, 0.5) is 0 Å². The molecule has 5 nitrogen and oxygen atoms in total. The van der Waals surface area contributed by atoms with Crippen molar-refractivity contribution in [1.82, 2.24) is 5.32 Å². The van der Waals surface area contributed by atoms with Crippen molar-refractivity contribution in [2.45, 2.75) is 31.9 Å². The Morgan fingerprint density at radius 3 is 2.89 bits per heavy atom. The van der Waals surface area contributed by atoms with Crippen LogP contribution in [0.2, 0.25) is 0 Å². The smallest absolute Gasteiger partial charge is 0.335 e. The summed E-state index contributed by atoms with van der Waals surface area (Å²) >= 11 is 0. The Morgan fingerprint density at radius 2 is 2.26 bits per heavy atom. The molecule has 2 N–H and O–H groups in total. The van der Waals surface area contributed by atoms with Gasteiger partial charge in [0, 0.05) is 13.2 Å². The molecule has 1 unspecified atom stereocenters. The average Bonchev–Trinajstić information content (AvgIpc) is 2.84. The van der Waals surface area contributed by atoms with Gasteiger partial charge < -0.3 is 15.2 Å². The number of ether oxygens (including phenoxy) is 1. The summed E-state index contributed by atoms with van der Waals surface area (Å²) in [5.41, 5.74) is 0.231. The Morgan fingerprint density at radius 1 is 1.47 bits per heavy atom. The van der Waals surface area contributed by atoms with E-state index >= 15 is 0 Å². The van der Waals surface area contributed by atoms with Crippen LogP contribution in [0.15, 0.2) is 24.3 Å². The van der Waals surface area contributed by atoms with E-state index in [-0.39, 0.29) is 11.5 Å². The van der Waals surface area contributed by atoms with E-state index in [1.165, 1.54) is 6.07 Å². The van der Waals surface area contributed by atoms with Crippen LogP contribution in [0.1, 0.15) is 35.7 Å². The number of hydrogen-bond acceptors (Lipinski definition) is 3. The monoisotopic (exact) mass is 263 g/mol. The normalized spacial score (nSPS) is 22.2. The van der Waals surface area contributed by atoms with Gasteiger partial charge in [0.15, 0.2) is 0 Å². The van der Waals surface area contributed by atoms with Crippen LogP contribution in [0.5, 0.6) is 0 Å². The highest BCUT2D eigenvalue weighted by molar-refractivity contribution is 5.88. The first-order valence-electron chi connectivity index (χ1n) is 6.26. The van der Waals surface area contributed by atoms with Crippen LogP contribution >= 0.6 is 0 Å². The van der Waals surface area contributed by atoms with Gasteiger partial charge in [-0.3, -0.25) is 4.79 Å². The first-order valence-corrected chi connectivity index (χ1v) is 6.26. The quantitative estimate of drug-likeness (QED) is 0.864. The van der Waals surface area contributed by atoms with E-state index < -0.39 is 11.6 Å². The molecule has 19 heavy (non-hydrogen) atoms. The molecule has 1 saturated heterocycles. The summed E-state index contributed by atoms with van der Waals surface area (Å²) < 4.78 is 5.45. The lowest BCUT2D eigenvalue weighted by molar-refractivity contribution is -0.139. The molecule has 0 saturated carbocycles. The molecule has 1 heterocycles. The molecule has 1 fully saturated rings. The predicted octanol–water partition coefficient (Wildman–Crippen LogP) is 1.57. The number of aromatic carboxylic acids is 1. The predicted molar refractivity (Wildman–Crippen MR) is 68.8 cm³/mol. The molecule has 2 rings (SSSR count). The molecule has 1 aliphatic heterocycles. The van der Waals surface area contributed by atoms with Gasteiger partial charge in [-0.1, -0.05) is 12.1 Å². The molecule has 0 bridgehead atoms. The van der Waals surface area contributed by atoms with Crippen LogP contribution in [-0.2, 0) is 16.1 Å². The van der Waals surface area contributed by atoms with Crippen molar-refractivity contribution in [3.63, 3.8) is 0 Å². The summed E-state index contributed by atoms with van der Waals surface area (Å²) in [5, 5.41) is 11.7. The maximum Gasteiger partial charge on any atom is 0.335 e. The molecule has 5 heteroatoms. The number of carbonyl (C=O) groups is 2. The van der Waals surface area contributed by atoms with Gasteiger partial charge in [-0.2, -0.15) is 0 Å². The minimum absolute atomic E-state index is 0.147. The summed E-state index contributed by atoms with van der Waals surface area (Å²) in [6.07, 6.45) is 1.60. The largest absolute Gasteiger partial charge is 0.478 e. The Balaban J connectivity index is 1.97. The van der Waals surface area contributed by atoms with Crippen molar-refractivity contribution in [1.29, 1.82) is 0 Å². The lowest BCUT2D eigenvalue weighted by Crippen LogP contribution is -2.43. The molecule has 1 atom stereocenters. The fraction of sp³-hybridized carbons (Fsp3) is 0.429. The zero-order valence-corrected chi connectivity index (χ0v) is 10.8. The second-order valence-corrected chi connectivity index (χ2v) is 4.87. The van der Waals surface area contributed by atoms with Crippen molar-refractivity contribution in [3.05, 3.63) is 35.4 Å². The number of benzene rings is 1. The van der Waals surface area contributed by atoms with Crippen LogP contribution in [0.25, 0.3) is 0 Å². The molecule has 1 aliphatic rings. The number of rotatable bonds is 4. The molecule has 0 aliphatic carbocycles. The van der Waals surface area contributed by atoms with Crippen molar-refractivity contribution >= 4 is 11.9 Å². The van der Waals surface area contributed by atoms with Gasteiger partial charge >= 0.3 is 5.97 Å². The number of carboxylic acids is 1. The molecule has 0 aromatic heterocycles. The van der Waals surface area contributed by atoms with Crippen LogP contribution in [0.3, 0.4) is 0 Å². The van der Waals surface area contributed by atoms with Crippen molar-refractivity contribution in [2.75, 3.05) is 6.61 Å². The molecule has 1 amide bonds. The first-order chi connectivity index (χ1) is 9.01. The summed E-state index contributed by atoms with van der Waals surface area (Å²) in [6, 6.07) is 6.53. The SMILES string of the molecule is CC1(C(=O)NCc2cccc(C(=O)O)c2)CCCO1. The molecular formula is C14H17NO4. The minimum atomic E-state index is -0.973. The van der Waals surface area contributed by atoms with Crippen LogP contribution in [-0.4, -0.2) is 29.2 Å². The Hall–Kier alpha value is -1.88. The number of carbonyl (C=O) groups excluding carboxylic acids is 1. The Labute approximate surface area is 111 Å².